The maximum atomic E-state index is 14.4. The van der Waals surface area contributed by atoms with Crippen molar-refractivity contribution in [2.45, 2.75) is 82.8 Å². The molecule has 11 heteroatoms. The molecule has 0 bridgehead atoms. The fourth-order valence-electron chi connectivity index (χ4n) is 7.53. The molecule has 3 aromatic rings. The summed E-state index contributed by atoms with van der Waals surface area (Å²) in [6.45, 7) is 4.65. The number of carbonyl (C=O) groups excluding carboxylic acids is 2. The van der Waals surface area contributed by atoms with Gasteiger partial charge in [-0.25, -0.2) is 4.79 Å². The summed E-state index contributed by atoms with van der Waals surface area (Å²) in [7, 11) is 7.87. The predicted octanol–water partition coefficient (Wildman–Crippen LogP) is 7.72. The van der Waals surface area contributed by atoms with Gasteiger partial charge in [0, 0.05) is 19.8 Å². The minimum Gasteiger partial charge on any atom is -0.494 e. The van der Waals surface area contributed by atoms with Crippen LogP contribution in [0.25, 0.3) is 0 Å². The van der Waals surface area contributed by atoms with Gasteiger partial charge in [-0.05, 0) is 117 Å². The third-order valence-corrected chi connectivity index (χ3v) is 10.6. The Hall–Kier alpha value is -4.64. The largest absolute Gasteiger partial charge is 0.494 e. The van der Waals surface area contributed by atoms with Crippen LogP contribution in [0.3, 0.4) is 0 Å². The molecule has 1 amide bonds. The number of likely N-dealkylation sites (tertiary alicyclic amines) is 1. The van der Waals surface area contributed by atoms with Gasteiger partial charge in [0.15, 0.2) is 23.0 Å². The zero-order valence-corrected chi connectivity index (χ0v) is 32.7. The number of esters is 1. The number of aryl methyl sites for hydroxylation is 1. The number of rotatable bonds is 18. The van der Waals surface area contributed by atoms with Gasteiger partial charge in [0.2, 0.25) is 11.7 Å². The van der Waals surface area contributed by atoms with E-state index in [9.17, 15) is 9.59 Å². The third kappa shape index (κ3) is 10.1. The standard InChI is InChI=1S/C43H57NO10/c1-7-34(32-27-39(49-4)41(51-6)40(28-32)50-5)42(45)44-21-9-8-13-35(44)43(46)54-36(16-14-30-15-17-37(47-2)38(25-30)48-3)31-11-10-12-33(26-31)53-24-20-29-18-22-52-23-19-29/h10-12,15,17,25-29,34-36H,7-9,13-14,16,18-24H2,1-6H3/t34?,35-,36+/m0/s1. The molecular formula is C43H57NO10. The molecule has 5 rings (SSSR count). The molecule has 0 spiro atoms. The van der Waals surface area contributed by atoms with Crippen LogP contribution in [0.4, 0.5) is 0 Å². The van der Waals surface area contributed by atoms with Crippen LogP contribution in [0.2, 0.25) is 0 Å². The molecule has 0 saturated carbocycles. The zero-order chi connectivity index (χ0) is 38.5. The van der Waals surface area contributed by atoms with Crippen molar-refractivity contribution in [1.29, 1.82) is 0 Å². The summed E-state index contributed by atoms with van der Waals surface area (Å²) in [4.78, 5) is 30.4. The second kappa shape index (κ2) is 20.2. The monoisotopic (exact) mass is 747 g/mol. The number of piperidine rings is 1. The number of nitrogens with zero attached hydrogens (tertiary/aromatic N) is 1. The van der Waals surface area contributed by atoms with E-state index < -0.39 is 24.0 Å². The third-order valence-electron chi connectivity index (χ3n) is 10.6. The van der Waals surface area contributed by atoms with E-state index in [4.69, 9.17) is 37.9 Å². The van der Waals surface area contributed by atoms with E-state index in [1.54, 1.807) is 40.4 Å². The SMILES string of the molecule is CCC(C(=O)N1CCCC[C@H]1C(=O)O[C@H](CCc1ccc(OC)c(OC)c1)c1cccc(OCCC2CCOCC2)c1)c1cc(OC)c(OC)c(OC)c1. The van der Waals surface area contributed by atoms with Crippen LogP contribution in [0.1, 0.15) is 87.0 Å². The van der Waals surface area contributed by atoms with Crippen molar-refractivity contribution in [2.24, 2.45) is 5.92 Å². The first-order chi connectivity index (χ1) is 26.3. The normalized spacial score (nSPS) is 17.2. The Morgan fingerprint density at radius 3 is 2.19 bits per heavy atom. The molecule has 11 nitrogen and oxygen atoms in total. The number of hydrogen-bond acceptors (Lipinski definition) is 10. The van der Waals surface area contributed by atoms with Gasteiger partial charge >= 0.3 is 5.97 Å². The van der Waals surface area contributed by atoms with Crippen molar-refractivity contribution in [1.82, 2.24) is 4.90 Å². The van der Waals surface area contributed by atoms with Gasteiger partial charge in [0.05, 0.1) is 48.1 Å². The molecule has 294 valence electrons. The van der Waals surface area contributed by atoms with Gasteiger partial charge < -0.3 is 42.8 Å². The first-order valence-electron chi connectivity index (χ1n) is 19.2. The van der Waals surface area contributed by atoms with Crippen LogP contribution in [0.15, 0.2) is 54.6 Å². The Morgan fingerprint density at radius 2 is 1.52 bits per heavy atom. The van der Waals surface area contributed by atoms with E-state index in [-0.39, 0.29) is 5.91 Å². The molecule has 3 atom stereocenters. The zero-order valence-electron chi connectivity index (χ0n) is 32.7. The topological polar surface area (TPSA) is 111 Å². The van der Waals surface area contributed by atoms with Gasteiger partial charge in [-0.2, -0.15) is 0 Å². The lowest BCUT2D eigenvalue weighted by atomic mass is 9.91. The summed E-state index contributed by atoms with van der Waals surface area (Å²) in [6, 6.07) is 16.6. The highest BCUT2D eigenvalue weighted by Crippen LogP contribution is 2.41. The van der Waals surface area contributed by atoms with Crippen LogP contribution in [-0.2, 0) is 25.5 Å². The lowest BCUT2D eigenvalue weighted by molar-refractivity contribution is -0.162. The summed E-state index contributed by atoms with van der Waals surface area (Å²) in [5, 5.41) is 0. The number of methoxy groups -OCH3 is 5. The molecule has 2 aliphatic rings. The average Bonchev–Trinajstić information content (AvgIpc) is 3.22. The summed E-state index contributed by atoms with van der Waals surface area (Å²) >= 11 is 0. The smallest absolute Gasteiger partial charge is 0.329 e. The minimum absolute atomic E-state index is 0.129. The fourth-order valence-corrected chi connectivity index (χ4v) is 7.53. The number of hydrogen-bond donors (Lipinski definition) is 0. The number of benzene rings is 3. The van der Waals surface area contributed by atoms with Gasteiger partial charge in [-0.1, -0.05) is 25.1 Å². The van der Waals surface area contributed by atoms with Gasteiger partial charge in [-0.15, -0.1) is 0 Å². The average molecular weight is 748 g/mol. The number of amides is 1. The molecule has 0 aromatic heterocycles. The maximum Gasteiger partial charge on any atom is 0.329 e. The molecule has 2 saturated heterocycles. The lowest BCUT2D eigenvalue weighted by Crippen LogP contribution is -2.50. The van der Waals surface area contributed by atoms with Crippen molar-refractivity contribution >= 4 is 11.9 Å². The Bertz CT molecular complexity index is 1650. The van der Waals surface area contributed by atoms with Crippen LogP contribution < -0.4 is 28.4 Å². The molecule has 0 N–H and O–H groups in total. The summed E-state index contributed by atoms with van der Waals surface area (Å²) in [5.74, 6) is 2.95. The molecule has 0 radical (unpaired) electrons. The molecular weight excluding hydrogens is 690 g/mol. The van der Waals surface area contributed by atoms with Crippen molar-refractivity contribution in [3.63, 3.8) is 0 Å². The second-order valence-electron chi connectivity index (χ2n) is 13.9. The first kappa shape index (κ1) is 40.5. The van der Waals surface area contributed by atoms with E-state index in [1.807, 2.05) is 61.5 Å². The van der Waals surface area contributed by atoms with E-state index in [0.29, 0.717) is 73.5 Å². The Balaban J connectivity index is 1.37. The summed E-state index contributed by atoms with van der Waals surface area (Å²) in [6.07, 6.45) is 6.27. The highest BCUT2D eigenvalue weighted by Gasteiger charge is 2.38. The summed E-state index contributed by atoms with van der Waals surface area (Å²) < 4.78 is 45.9. The first-order valence-corrected chi connectivity index (χ1v) is 19.2. The molecule has 1 unspecified atom stereocenters. The Kier molecular flexibility index (Phi) is 15.1. The van der Waals surface area contributed by atoms with Crippen molar-refractivity contribution < 1.29 is 47.5 Å². The van der Waals surface area contributed by atoms with Crippen molar-refractivity contribution in [2.75, 3.05) is 61.9 Å². The van der Waals surface area contributed by atoms with Crippen molar-refractivity contribution in [3.05, 3.63) is 71.3 Å². The maximum absolute atomic E-state index is 14.4. The molecule has 2 aliphatic heterocycles. The van der Waals surface area contributed by atoms with E-state index in [1.165, 1.54) is 0 Å². The van der Waals surface area contributed by atoms with Crippen molar-refractivity contribution in [3.8, 4) is 34.5 Å². The van der Waals surface area contributed by atoms with Crippen LogP contribution in [0.5, 0.6) is 34.5 Å². The van der Waals surface area contributed by atoms with Gasteiger partial charge in [0.25, 0.3) is 0 Å². The Labute approximate surface area is 320 Å². The molecule has 2 fully saturated rings. The quantitative estimate of drug-likeness (QED) is 0.120. The molecule has 0 aliphatic carbocycles. The highest BCUT2D eigenvalue weighted by atomic mass is 16.5. The lowest BCUT2D eigenvalue weighted by Gasteiger charge is -2.37. The number of carbonyl (C=O) groups is 2. The van der Waals surface area contributed by atoms with Gasteiger partial charge in [0.1, 0.15) is 17.9 Å². The molecule has 3 aromatic carbocycles. The molecule has 2 heterocycles. The van der Waals surface area contributed by atoms with E-state index >= 15 is 0 Å². The summed E-state index contributed by atoms with van der Waals surface area (Å²) in [5.41, 5.74) is 2.59. The highest BCUT2D eigenvalue weighted by molar-refractivity contribution is 5.89. The van der Waals surface area contributed by atoms with E-state index in [0.717, 1.165) is 67.8 Å². The van der Waals surface area contributed by atoms with Gasteiger partial charge in [-0.3, -0.25) is 4.79 Å². The Morgan fingerprint density at radius 1 is 0.796 bits per heavy atom. The predicted molar refractivity (Wildman–Crippen MR) is 205 cm³/mol. The minimum atomic E-state index is -0.718. The number of ether oxygens (including phenoxy) is 8. The van der Waals surface area contributed by atoms with Crippen LogP contribution >= 0.6 is 0 Å². The van der Waals surface area contributed by atoms with Crippen LogP contribution in [0, 0.1) is 5.92 Å². The van der Waals surface area contributed by atoms with E-state index in [2.05, 4.69) is 0 Å². The second-order valence-corrected chi connectivity index (χ2v) is 13.9. The molecule has 54 heavy (non-hydrogen) atoms. The van der Waals surface area contributed by atoms with Crippen LogP contribution in [-0.4, -0.2) is 84.7 Å². The fraction of sp³-hybridized carbons (Fsp3) is 0.535.